The molecule has 1 amide bonds. The van der Waals surface area contributed by atoms with Gasteiger partial charge in [0.15, 0.2) is 21.6 Å². The third kappa shape index (κ3) is 4.82. The summed E-state index contributed by atoms with van der Waals surface area (Å²) in [5.74, 6) is 1.10. The summed E-state index contributed by atoms with van der Waals surface area (Å²) in [6.07, 6.45) is 0. The largest absolute Gasteiger partial charge is 0.497 e. The van der Waals surface area contributed by atoms with Crippen LogP contribution in [0.25, 0.3) is 0 Å². The van der Waals surface area contributed by atoms with Crippen molar-refractivity contribution in [2.75, 3.05) is 37.2 Å². The number of aliphatic imine (C=N–C) groups is 1. The highest BCUT2D eigenvalue weighted by Gasteiger charge is 2.50. The van der Waals surface area contributed by atoms with Gasteiger partial charge < -0.3 is 19.1 Å². The van der Waals surface area contributed by atoms with Crippen LogP contribution >= 0.6 is 23.4 Å². The van der Waals surface area contributed by atoms with Crippen molar-refractivity contribution in [2.45, 2.75) is 11.3 Å². The van der Waals surface area contributed by atoms with Crippen LogP contribution < -0.4 is 19.1 Å². The minimum Gasteiger partial charge on any atom is -0.497 e. The fraction of sp³-hybridized carbons (Fsp3) is 0.333. The van der Waals surface area contributed by atoms with Gasteiger partial charge in [0.2, 0.25) is 0 Å². The van der Waals surface area contributed by atoms with Crippen molar-refractivity contribution in [3.8, 4) is 17.2 Å². The maximum atomic E-state index is 12.6. The van der Waals surface area contributed by atoms with E-state index in [9.17, 15) is 13.2 Å². The molecule has 4 rings (SSSR count). The predicted octanol–water partition coefficient (Wildman–Crippen LogP) is 3.04. The number of carbonyl (C=O) groups is 1. The first-order chi connectivity index (χ1) is 15.3. The van der Waals surface area contributed by atoms with E-state index in [-0.39, 0.29) is 29.4 Å². The number of anilines is 1. The molecular weight excluding hydrogens is 476 g/mol. The number of amidine groups is 1. The van der Waals surface area contributed by atoms with Crippen LogP contribution in [0.5, 0.6) is 17.2 Å². The molecule has 0 aromatic heterocycles. The average molecular weight is 497 g/mol. The molecule has 2 aliphatic rings. The number of ether oxygens (including phenoxy) is 3. The second kappa shape index (κ2) is 9.21. The van der Waals surface area contributed by atoms with Gasteiger partial charge in [-0.05, 0) is 36.4 Å². The zero-order valence-corrected chi connectivity index (χ0v) is 19.7. The molecule has 0 aliphatic carbocycles. The first-order valence-electron chi connectivity index (χ1n) is 9.68. The molecule has 170 valence electrons. The van der Waals surface area contributed by atoms with Gasteiger partial charge in [0, 0.05) is 16.3 Å². The van der Waals surface area contributed by atoms with E-state index in [1.165, 1.54) is 18.9 Å². The lowest BCUT2D eigenvalue weighted by molar-refractivity contribution is -0.119. The quantitative estimate of drug-likeness (QED) is 0.602. The van der Waals surface area contributed by atoms with E-state index in [0.717, 1.165) is 0 Å². The van der Waals surface area contributed by atoms with Gasteiger partial charge in [-0.25, -0.2) is 8.42 Å². The van der Waals surface area contributed by atoms with Gasteiger partial charge in [0.25, 0.3) is 5.91 Å². The van der Waals surface area contributed by atoms with Gasteiger partial charge >= 0.3 is 0 Å². The second-order valence-corrected chi connectivity index (χ2v) is 11.0. The molecule has 0 saturated carbocycles. The number of amides is 1. The minimum atomic E-state index is -3.19. The number of fused-ring (bicyclic) bond motifs is 1. The van der Waals surface area contributed by atoms with Crippen molar-refractivity contribution in [1.29, 1.82) is 0 Å². The first-order valence-corrected chi connectivity index (χ1v) is 12.8. The Morgan fingerprint density at radius 1 is 1.12 bits per heavy atom. The van der Waals surface area contributed by atoms with Crippen molar-refractivity contribution < 1.29 is 27.4 Å². The van der Waals surface area contributed by atoms with Crippen molar-refractivity contribution in [3.05, 3.63) is 47.5 Å². The molecule has 2 saturated heterocycles. The normalized spacial score (nSPS) is 22.6. The summed E-state index contributed by atoms with van der Waals surface area (Å²) in [4.78, 5) is 18.6. The fourth-order valence-electron chi connectivity index (χ4n) is 3.65. The molecule has 2 heterocycles. The lowest BCUT2D eigenvalue weighted by Gasteiger charge is -2.26. The van der Waals surface area contributed by atoms with Gasteiger partial charge in [-0.15, -0.1) is 0 Å². The van der Waals surface area contributed by atoms with E-state index in [2.05, 4.69) is 4.99 Å². The smallest absolute Gasteiger partial charge is 0.285 e. The van der Waals surface area contributed by atoms with Crippen LogP contribution in [0.2, 0.25) is 5.02 Å². The van der Waals surface area contributed by atoms with Crippen LogP contribution in [-0.4, -0.2) is 63.1 Å². The van der Waals surface area contributed by atoms with Crippen LogP contribution in [0, 0.1) is 0 Å². The molecule has 2 aliphatic heterocycles. The number of hydrogen-bond donors (Lipinski definition) is 0. The molecule has 2 fully saturated rings. The number of hydrogen-bond acceptors (Lipinski definition) is 7. The average Bonchev–Trinajstić information content (AvgIpc) is 3.23. The second-order valence-electron chi connectivity index (χ2n) is 7.24. The predicted molar refractivity (Wildman–Crippen MR) is 125 cm³/mol. The summed E-state index contributed by atoms with van der Waals surface area (Å²) in [6.45, 7) is -0.261. The fourth-order valence-corrected chi connectivity index (χ4v) is 7.70. The van der Waals surface area contributed by atoms with Crippen LogP contribution in [0.4, 0.5) is 5.69 Å². The van der Waals surface area contributed by atoms with Crippen LogP contribution in [0.1, 0.15) is 0 Å². The summed E-state index contributed by atoms with van der Waals surface area (Å²) in [5, 5.41) is 0.737. The van der Waals surface area contributed by atoms with E-state index >= 15 is 0 Å². The van der Waals surface area contributed by atoms with E-state index in [0.29, 0.717) is 33.1 Å². The van der Waals surface area contributed by atoms with Gasteiger partial charge in [-0.2, -0.15) is 4.99 Å². The Kier molecular flexibility index (Phi) is 6.55. The zero-order chi connectivity index (χ0) is 22.9. The van der Waals surface area contributed by atoms with E-state index in [1.807, 2.05) is 0 Å². The van der Waals surface area contributed by atoms with Crippen LogP contribution in [0.15, 0.2) is 47.5 Å². The summed E-state index contributed by atoms with van der Waals surface area (Å²) in [5.41, 5.74) is 0.592. The zero-order valence-electron chi connectivity index (χ0n) is 17.4. The SMILES string of the molecule is COc1ccc(OC)c(N2C(=NC(=O)COc3ccc(Cl)cc3)S[C@@H]3CS(=O)(=O)C[C@H]32)c1. The van der Waals surface area contributed by atoms with Gasteiger partial charge in [-0.1, -0.05) is 23.4 Å². The standard InChI is InChI=1S/C21H21ClN2O6S2/c1-28-15-7-8-18(29-2)16(9-15)24-17-11-32(26,27)12-19(17)31-21(24)23-20(25)10-30-14-5-3-13(22)4-6-14/h3-9,17,19H,10-12H2,1-2H3/t17-,19-/m1/s1. The monoisotopic (exact) mass is 496 g/mol. The number of halogens is 1. The Bertz CT molecular complexity index is 1150. The highest BCUT2D eigenvalue weighted by molar-refractivity contribution is 8.16. The third-order valence-corrected chi connectivity index (χ3v) is 8.57. The topological polar surface area (TPSA) is 94.5 Å². The number of carbonyl (C=O) groups excluding carboxylic acids is 1. The Labute approximate surface area is 195 Å². The summed E-state index contributed by atoms with van der Waals surface area (Å²) in [7, 11) is -0.125. The molecule has 0 unspecified atom stereocenters. The van der Waals surface area contributed by atoms with Gasteiger partial charge in [0.1, 0.15) is 17.2 Å². The minimum absolute atomic E-state index is 0.0274. The lowest BCUT2D eigenvalue weighted by Crippen LogP contribution is -2.38. The third-order valence-electron chi connectivity index (χ3n) is 5.11. The van der Waals surface area contributed by atoms with Crippen molar-refractivity contribution >= 4 is 50.0 Å². The van der Waals surface area contributed by atoms with Crippen molar-refractivity contribution in [3.63, 3.8) is 0 Å². The number of benzene rings is 2. The molecule has 0 spiro atoms. The molecule has 0 bridgehead atoms. The maximum Gasteiger partial charge on any atom is 0.285 e. The molecule has 8 nitrogen and oxygen atoms in total. The Morgan fingerprint density at radius 3 is 2.53 bits per heavy atom. The number of thioether (sulfide) groups is 1. The number of methoxy groups -OCH3 is 2. The number of rotatable bonds is 6. The number of sulfone groups is 1. The van der Waals surface area contributed by atoms with Crippen molar-refractivity contribution in [1.82, 2.24) is 0 Å². The molecule has 2 aromatic carbocycles. The highest BCUT2D eigenvalue weighted by Crippen LogP contribution is 2.44. The van der Waals surface area contributed by atoms with Crippen molar-refractivity contribution in [2.24, 2.45) is 4.99 Å². The maximum absolute atomic E-state index is 12.6. The molecular formula is C21H21ClN2O6S2. The summed E-state index contributed by atoms with van der Waals surface area (Å²) >= 11 is 7.14. The molecule has 32 heavy (non-hydrogen) atoms. The first kappa shape index (κ1) is 22.8. The Hall–Kier alpha value is -2.43. The Balaban J connectivity index is 1.63. The molecule has 0 N–H and O–H groups in total. The van der Waals surface area contributed by atoms with E-state index < -0.39 is 15.7 Å². The van der Waals surface area contributed by atoms with Gasteiger partial charge in [-0.3, -0.25) is 4.79 Å². The number of nitrogens with zero attached hydrogens (tertiary/aromatic N) is 2. The van der Waals surface area contributed by atoms with Crippen LogP contribution in [-0.2, 0) is 14.6 Å². The van der Waals surface area contributed by atoms with Gasteiger partial charge in [0.05, 0.1) is 37.5 Å². The van der Waals surface area contributed by atoms with E-state index in [4.69, 9.17) is 25.8 Å². The molecule has 2 aromatic rings. The Morgan fingerprint density at radius 2 is 1.84 bits per heavy atom. The molecule has 0 radical (unpaired) electrons. The molecule has 2 atom stereocenters. The lowest BCUT2D eigenvalue weighted by atomic mass is 10.2. The van der Waals surface area contributed by atoms with E-state index in [1.54, 1.807) is 54.5 Å². The molecule has 11 heteroatoms. The highest BCUT2D eigenvalue weighted by atomic mass is 35.5. The van der Waals surface area contributed by atoms with Crippen LogP contribution in [0.3, 0.4) is 0 Å². The summed E-state index contributed by atoms with van der Waals surface area (Å²) in [6, 6.07) is 11.5. The summed E-state index contributed by atoms with van der Waals surface area (Å²) < 4.78 is 40.9.